The predicted molar refractivity (Wildman–Crippen MR) is 123 cm³/mol. The lowest BCUT2D eigenvalue weighted by Crippen LogP contribution is -2.32. The van der Waals surface area contributed by atoms with E-state index in [0.717, 1.165) is 33.5 Å². The number of halogens is 2. The third-order valence-electron chi connectivity index (χ3n) is 5.52. The Balaban J connectivity index is 1.82. The van der Waals surface area contributed by atoms with Crippen LogP contribution in [0.2, 0.25) is 5.02 Å². The van der Waals surface area contributed by atoms with Gasteiger partial charge in [0.1, 0.15) is 17.3 Å². The molecule has 0 atom stereocenters. The normalized spacial score (nSPS) is 17.2. The second kappa shape index (κ2) is 6.75. The molecule has 3 aromatic rings. The van der Waals surface area contributed by atoms with E-state index >= 15 is 0 Å². The van der Waals surface area contributed by atoms with Crippen molar-refractivity contribution in [3.63, 3.8) is 0 Å². The number of benzene rings is 3. The van der Waals surface area contributed by atoms with Crippen LogP contribution in [0.4, 0.5) is 10.1 Å². The summed E-state index contributed by atoms with van der Waals surface area (Å²) < 4.78 is 20.8. The maximum absolute atomic E-state index is 14.4. The number of allylic oxidation sites excluding steroid dienone is 1. The number of nitrogens with one attached hydrogen (secondary N) is 1. The van der Waals surface area contributed by atoms with Gasteiger partial charge in [0.2, 0.25) is 0 Å². The quantitative estimate of drug-likeness (QED) is 0.439. The molecule has 2 heterocycles. The number of hydrogen-bond donors (Lipinski definition) is 1. The molecule has 0 bridgehead atoms. The molecule has 5 rings (SSSR count). The molecule has 0 aliphatic carbocycles. The molecule has 0 radical (unpaired) electrons. The van der Waals surface area contributed by atoms with Gasteiger partial charge in [0.25, 0.3) is 0 Å². The predicted octanol–water partition coefficient (Wildman–Crippen LogP) is 7.64. The van der Waals surface area contributed by atoms with Crippen LogP contribution in [0, 0.1) is 5.82 Å². The largest absolute Gasteiger partial charge is 0.456 e. The average molecular weight is 418 g/mol. The van der Waals surface area contributed by atoms with Crippen LogP contribution in [0.25, 0.3) is 28.5 Å². The first-order chi connectivity index (χ1) is 14.3. The van der Waals surface area contributed by atoms with Gasteiger partial charge in [-0.15, -0.1) is 0 Å². The van der Waals surface area contributed by atoms with Gasteiger partial charge in [0.15, 0.2) is 0 Å². The van der Waals surface area contributed by atoms with Crippen molar-refractivity contribution in [1.82, 2.24) is 0 Å². The third kappa shape index (κ3) is 3.10. The van der Waals surface area contributed by atoms with E-state index in [-0.39, 0.29) is 11.4 Å². The monoisotopic (exact) mass is 417 g/mol. The zero-order chi connectivity index (χ0) is 21.0. The number of fused-ring (bicyclic) bond motifs is 5. The molecule has 0 spiro atoms. The number of ether oxygens (including phenoxy) is 1. The Morgan fingerprint density at radius 1 is 1.00 bits per heavy atom. The summed E-state index contributed by atoms with van der Waals surface area (Å²) in [6.45, 7) is 6.39. The Kier molecular flexibility index (Phi) is 4.26. The SMILES string of the molecule is CC1=CC(C)(C)Nc2ccc3c(c21)/C(=C/c1ccccc1F)Oc1ccc(Cl)cc1-3. The standard InChI is InChI=1S/C26H21ClFNO/c1-15-14-26(2,3)29-21-10-9-18-19-13-17(27)8-11-22(19)30-23(25(18)24(15)21)12-16-6-4-5-7-20(16)28/h4-14,29H,1-3H3/b23-12-. The summed E-state index contributed by atoms with van der Waals surface area (Å²) in [5.74, 6) is 1.05. The summed E-state index contributed by atoms with van der Waals surface area (Å²) in [5, 5.41) is 4.24. The molecule has 2 aliphatic rings. The van der Waals surface area contributed by atoms with Crippen LogP contribution in [-0.4, -0.2) is 5.54 Å². The molecule has 2 nitrogen and oxygen atoms in total. The van der Waals surface area contributed by atoms with Gasteiger partial charge in [-0.2, -0.15) is 0 Å². The molecule has 4 heteroatoms. The molecule has 0 saturated carbocycles. The van der Waals surface area contributed by atoms with Gasteiger partial charge in [0.05, 0.1) is 5.54 Å². The van der Waals surface area contributed by atoms with Gasteiger partial charge < -0.3 is 10.1 Å². The molecule has 2 aliphatic heterocycles. The van der Waals surface area contributed by atoms with Crippen molar-refractivity contribution in [2.24, 2.45) is 0 Å². The molecule has 0 unspecified atom stereocenters. The highest BCUT2D eigenvalue weighted by Crippen LogP contribution is 2.49. The fourth-order valence-electron chi connectivity index (χ4n) is 4.40. The lowest BCUT2D eigenvalue weighted by atomic mass is 9.83. The molecule has 0 saturated heterocycles. The van der Waals surface area contributed by atoms with Gasteiger partial charge in [-0.05, 0) is 68.3 Å². The second-order valence-corrected chi connectivity index (χ2v) is 8.79. The van der Waals surface area contributed by atoms with Gasteiger partial charge in [-0.1, -0.05) is 41.9 Å². The van der Waals surface area contributed by atoms with Crippen molar-refractivity contribution in [2.75, 3.05) is 5.32 Å². The van der Waals surface area contributed by atoms with E-state index in [1.165, 1.54) is 6.07 Å². The smallest absolute Gasteiger partial charge is 0.136 e. The van der Waals surface area contributed by atoms with Crippen LogP contribution in [0.5, 0.6) is 5.75 Å². The van der Waals surface area contributed by atoms with Crippen molar-refractivity contribution in [3.05, 3.63) is 88.2 Å². The second-order valence-electron chi connectivity index (χ2n) is 8.36. The van der Waals surface area contributed by atoms with E-state index < -0.39 is 0 Å². The van der Waals surface area contributed by atoms with Gasteiger partial charge in [0, 0.05) is 33.0 Å². The first-order valence-electron chi connectivity index (χ1n) is 9.92. The van der Waals surface area contributed by atoms with Crippen LogP contribution < -0.4 is 10.1 Å². The molecule has 1 N–H and O–H groups in total. The van der Waals surface area contributed by atoms with Gasteiger partial charge in [-0.3, -0.25) is 0 Å². The maximum Gasteiger partial charge on any atom is 0.136 e. The maximum atomic E-state index is 14.4. The Bertz CT molecular complexity index is 1260. The Morgan fingerprint density at radius 2 is 1.80 bits per heavy atom. The minimum Gasteiger partial charge on any atom is -0.456 e. The Labute approximate surface area is 180 Å². The van der Waals surface area contributed by atoms with Crippen LogP contribution in [0.3, 0.4) is 0 Å². The molecular formula is C26H21ClFNO. The van der Waals surface area contributed by atoms with Crippen molar-refractivity contribution in [1.29, 1.82) is 0 Å². The van der Waals surface area contributed by atoms with E-state index in [9.17, 15) is 4.39 Å². The van der Waals surface area contributed by atoms with E-state index in [4.69, 9.17) is 16.3 Å². The Morgan fingerprint density at radius 3 is 2.60 bits per heavy atom. The minimum absolute atomic E-state index is 0.155. The van der Waals surface area contributed by atoms with E-state index in [1.54, 1.807) is 24.3 Å². The van der Waals surface area contributed by atoms with Gasteiger partial charge in [-0.25, -0.2) is 4.39 Å². The van der Waals surface area contributed by atoms with Crippen molar-refractivity contribution in [3.8, 4) is 16.9 Å². The number of hydrogen-bond acceptors (Lipinski definition) is 2. The summed E-state index contributed by atoms with van der Waals surface area (Å²) in [5.41, 5.74) is 6.49. The third-order valence-corrected chi connectivity index (χ3v) is 5.76. The highest BCUT2D eigenvalue weighted by Gasteiger charge is 2.31. The van der Waals surface area contributed by atoms with Crippen LogP contribution >= 0.6 is 11.6 Å². The number of anilines is 1. The summed E-state index contributed by atoms with van der Waals surface area (Å²) >= 11 is 6.30. The molecular weight excluding hydrogens is 397 g/mol. The Hall–Kier alpha value is -3.04. The lowest BCUT2D eigenvalue weighted by molar-refractivity contribution is 0.514. The summed E-state index contributed by atoms with van der Waals surface area (Å²) in [6.07, 6.45) is 3.99. The molecule has 0 amide bonds. The fourth-order valence-corrected chi connectivity index (χ4v) is 4.57. The summed E-state index contributed by atoms with van der Waals surface area (Å²) in [6, 6.07) is 16.5. The first kappa shape index (κ1) is 19.0. The van der Waals surface area contributed by atoms with E-state index in [0.29, 0.717) is 22.1 Å². The zero-order valence-electron chi connectivity index (χ0n) is 17.0. The molecule has 150 valence electrons. The van der Waals surface area contributed by atoms with Crippen molar-refractivity contribution in [2.45, 2.75) is 26.3 Å². The van der Waals surface area contributed by atoms with Crippen LogP contribution in [0.15, 0.2) is 60.7 Å². The number of rotatable bonds is 1. The topological polar surface area (TPSA) is 21.3 Å². The summed E-state index contributed by atoms with van der Waals surface area (Å²) in [7, 11) is 0. The lowest BCUT2D eigenvalue weighted by Gasteiger charge is -2.35. The fraction of sp³-hybridized carbons (Fsp3) is 0.154. The average Bonchev–Trinajstić information content (AvgIpc) is 2.68. The zero-order valence-corrected chi connectivity index (χ0v) is 17.8. The molecule has 30 heavy (non-hydrogen) atoms. The highest BCUT2D eigenvalue weighted by atomic mass is 35.5. The van der Waals surface area contributed by atoms with E-state index in [2.05, 4.69) is 44.3 Å². The molecule has 0 aromatic heterocycles. The van der Waals surface area contributed by atoms with Crippen molar-refractivity contribution < 1.29 is 9.13 Å². The minimum atomic E-state index is -0.284. The van der Waals surface area contributed by atoms with Gasteiger partial charge >= 0.3 is 0 Å². The van der Waals surface area contributed by atoms with Crippen molar-refractivity contribution >= 4 is 34.7 Å². The van der Waals surface area contributed by atoms with E-state index in [1.807, 2.05) is 18.2 Å². The summed E-state index contributed by atoms with van der Waals surface area (Å²) in [4.78, 5) is 0. The molecule has 3 aromatic carbocycles. The van der Waals surface area contributed by atoms with Crippen LogP contribution in [0.1, 0.15) is 37.5 Å². The van der Waals surface area contributed by atoms with Crippen LogP contribution in [-0.2, 0) is 0 Å². The molecule has 0 fully saturated rings. The highest BCUT2D eigenvalue weighted by molar-refractivity contribution is 6.31. The first-order valence-corrected chi connectivity index (χ1v) is 10.3.